The average Bonchev–Trinajstić information content (AvgIpc) is 2.40. The highest BCUT2D eigenvalue weighted by atomic mass is 35.5. The first-order chi connectivity index (χ1) is 9.08. The van der Waals surface area contributed by atoms with Crippen LogP contribution < -0.4 is 10.2 Å². The maximum Gasteiger partial charge on any atom is 0.488 e. The van der Waals surface area contributed by atoms with E-state index in [1.807, 2.05) is 19.1 Å². The van der Waals surface area contributed by atoms with Crippen LogP contribution in [0, 0.1) is 6.92 Å². The lowest BCUT2D eigenvalue weighted by Crippen LogP contribution is -2.33. The minimum atomic E-state index is -1.49. The number of halogens is 1. The van der Waals surface area contributed by atoms with Crippen LogP contribution in [0.4, 0.5) is 0 Å². The second-order valence-electron chi connectivity index (χ2n) is 4.27. The van der Waals surface area contributed by atoms with Crippen molar-refractivity contribution in [1.82, 2.24) is 0 Å². The Labute approximate surface area is 117 Å². The first kappa shape index (κ1) is 13.9. The first-order valence-corrected chi connectivity index (χ1v) is 6.28. The fourth-order valence-electron chi connectivity index (χ4n) is 1.79. The third-order valence-electron chi connectivity index (χ3n) is 2.86. The molecule has 2 rings (SSSR count). The Bertz CT molecular complexity index is 572. The number of aryl methyl sites for hydroxylation is 1. The predicted octanol–water partition coefficient (Wildman–Crippen LogP) is 1.91. The van der Waals surface area contributed by atoms with Crippen LogP contribution in [0.25, 0.3) is 0 Å². The van der Waals surface area contributed by atoms with E-state index in [0.29, 0.717) is 16.2 Å². The molecule has 0 unspecified atom stereocenters. The quantitative estimate of drug-likeness (QED) is 0.839. The molecule has 0 aromatic heterocycles. The molecule has 3 nitrogen and oxygen atoms in total. The Morgan fingerprint density at radius 2 is 1.89 bits per heavy atom. The van der Waals surface area contributed by atoms with Gasteiger partial charge in [-0.3, -0.25) is 0 Å². The van der Waals surface area contributed by atoms with Crippen LogP contribution in [0.15, 0.2) is 42.5 Å². The van der Waals surface area contributed by atoms with E-state index in [9.17, 15) is 10.0 Å². The zero-order valence-electron chi connectivity index (χ0n) is 10.5. The molecule has 2 aromatic carbocycles. The number of hydrogen-bond acceptors (Lipinski definition) is 3. The summed E-state index contributed by atoms with van der Waals surface area (Å²) in [5.74, 6) is 0.698. The highest BCUT2D eigenvalue weighted by Gasteiger charge is 2.15. The highest BCUT2D eigenvalue weighted by Crippen LogP contribution is 2.21. The van der Waals surface area contributed by atoms with Crippen molar-refractivity contribution >= 4 is 24.2 Å². The molecule has 0 heterocycles. The van der Waals surface area contributed by atoms with Gasteiger partial charge in [0.1, 0.15) is 12.4 Å². The summed E-state index contributed by atoms with van der Waals surface area (Å²) in [6, 6.07) is 12.5. The molecule has 19 heavy (non-hydrogen) atoms. The third kappa shape index (κ3) is 3.50. The van der Waals surface area contributed by atoms with Gasteiger partial charge in [0.05, 0.1) is 0 Å². The lowest BCUT2D eigenvalue weighted by molar-refractivity contribution is 0.306. The van der Waals surface area contributed by atoms with E-state index < -0.39 is 7.12 Å². The van der Waals surface area contributed by atoms with Crippen LogP contribution >= 0.6 is 11.6 Å². The topological polar surface area (TPSA) is 49.7 Å². The molecular weight excluding hydrogens is 262 g/mol. The average molecular weight is 277 g/mol. The SMILES string of the molecule is Cc1cc(OCc2ccccc2B(O)O)ccc1Cl. The van der Waals surface area contributed by atoms with Crippen LogP contribution in [0.2, 0.25) is 5.02 Å². The number of ether oxygens (including phenoxy) is 1. The maximum absolute atomic E-state index is 9.26. The monoisotopic (exact) mass is 276 g/mol. The normalized spacial score (nSPS) is 10.3. The van der Waals surface area contributed by atoms with Crippen molar-refractivity contribution in [2.24, 2.45) is 0 Å². The Balaban J connectivity index is 2.12. The second kappa shape index (κ2) is 6.11. The minimum Gasteiger partial charge on any atom is -0.489 e. The number of benzene rings is 2. The van der Waals surface area contributed by atoms with Gasteiger partial charge in [0, 0.05) is 5.02 Å². The summed E-state index contributed by atoms with van der Waals surface area (Å²) in [6.07, 6.45) is 0. The van der Waals surface area contributed by atoms with Crippen molar-refractivity contribution < 1.29 is 14.8 Å². The second-order valence-corrected chi connectivity index (χ2v) is 4.68. The molecule has 0 amide bonds. The van der Waals surface area contributed by atoms with Crippen molar-refractivity contribution in [1.29, 1.82) is 0 Å². The summed E-state index contributed by atoms with van der Waals surface area (Å²) in [5, 5.41) is 19.2. The molecule has 98 valence electrons. The van der Waals surface area contributed by atoms with Crippen molar-refractivity contribution in [3.8, 4) is 5.75 Å². The zero-order chi connectivity index (χ0) is 13.8. The summed E-state index contributed by atoms with van der Waals surface area (Å²) in [4.78, 5) is 0. The lowest BCUT2D eigenvalue weighted by atomic mass is 9.77. The van der Waals surface area contributed by atoms with Gasteiger partial charge in [-0.25, -0.2) is 0 Å². The summed E-state index contributed by atoms with van der Waals surface area (Å²) in [5.41, 5.74) is 2.13. The lowest BCUT2D eigenvalue weighted by Gasteiger charge is -2.11. The van der Waals surface area contributed by atoms with Crippen LogP contribution in [-0.2, 0) is 6.61 Å². The molecule has 0 atom stereocenters. The number of rotatable bonds is 4. The standard InChI is InChI=1S/C14H14BClO3/c1-10-8-12(6-7-14(10)16)19-9-11-4-2-3-5-13(11)15(17)18/h2-8,17-18H,9H2,1H3. The van der Waals surface area contributed by atoms with Crippen LogP contribution in [0.3, 0.4) is 0 Å². The van der Waals surface area contributed by atoms with E-state index in [4.69, 9.17) is 16.3 Å². The molecule has 2 N–H and O–H groups in total. The van der Waals surface area contributed by atoms with Gasteiger partial charge in [0.15, 0.2) is 0 Å². The first-order valence-electron chi connectivity index (χ1n) is 5.91. The molecule has 0 spiro atoms. The maximum atomic E-state index is 9.26. The van der Waals surface area contributed by atoms with Gasteiger partial charge in [-0.1, -0.05) is 35.9 Å². The van der Waals surface area contributed by atoms with Gasteiger partial charge in [0.25, 0.3) is 0 Å². The molecule has 0 aliphatic heterocycles. The van der Waals surface area contributed by atoms with E-state index in [0.717, 1.165) is 11.1 Å². The van der Waals surface area contributed by atoms with Crippen LogP contribution in [0.5, 0.6) is 5.75 Å². The molecule has 0 bridgehead atoms. The molecule has 0 aliphatic carbocycles. The smallest absolute Gasteiger partial charge is 0.488 e. The van der Waals surface area contributed by atoms with Crippen LogP contribution in [-0.4, -0.2) is 17.2 Å². The molecular formula is C14H14BClO3. The van der Waals surface area contributed by atoms with Crippen molar-refractivity contribution in [2.45, 2.75) is 13.5 Å². The van der Waals surface area contributed by atoms with Gasteiger partial charge < -0.3 is 14.8 Å². The van der Waals surface area contributed by atoms with Gasteiger partial charge in [0.2, 0.25) is 0 Å². The van der Waals surface area contributed by atoms with Crippen molar-refractivity contribution in [3.05, 3.63) is 58.6 Å². The minimum absolute atomic E-state index is 0.273. The van der Waals surface area contributed by atoms with Gasteiger partial charge in [-0.2, -0.15) is 0 Å². The number of hydrogen-bond donors (Lipinski definition) is 2. The van der Waals surface area contributed by atoms with E-state index in [1.165, 1.54) is 0 Å². The molecule has 0 aliphatic rings. The molecule has 5 heteroatoms. The van der Waals surface area contributed by atoms with Gasteiger partial charge in [-0.15, -0.1) is 0 Å². The van der Waals surface area contributed by atoms with E-state index in [1.54, 1.807) is 30.3 Å². The van der Waals surface area contributed by atoms with Gasteiger partial charge >= 0.3 is 7.12 Å². The molecule has 0 saturated carbocycles. The van der Waals surface area contributed by atoms with Crippen molar-refractivity contribution in [3.63, 3.8) is 0 Å². The van der Waals surface area contributed by atoms with E-state index >= 15 is 0 Å². The van der Waals surface area contributed by atoms with E-state index in [-0.39, 0.29) is 6.61 Å². The van der Waals surface area contributed by atoms with Crippen LogP contribution in [0.1, 0.15) is 11.1 Å². The Morgan fingerprint density at radius 1 is 1.16 bits per heavy atom. The zero-order valence-corrected chi connectivity index (χ0v) is 11.3. The molecule has 0 radical (unpaired) electrons. The molecule has 0 saturated heterocycles. The highest BCUT2D eigenvalue weighted by molar-refractivity contribution is 6.59. The fourth-order valence-corrected chi connectivity index (χ4v) is 1.90. The summed E-state index contributed by atoms with van der Waals surface area (Å²) in [7, 11) is -1.49. The summed E-state index contributed by atoms with van der Waals surface area (Å²) in [6.45, 7) is 2.18. The third-order valence-corrected chi connectivity index (χ3v) is 3.28. The Hall–Kier alpha value is -1.49. The van der Waals surface area contributed by atoms with Crippen molar-refractivity contribution in [2.75, 3.05) is 0 Å². The summed E-state index contributed by atoms with van der Waals surface area (Å²) < 4.78 is 5.64. The molecule has 2 aromatic rings. The van der Waals surface area contributed by atoms with Gasteiger partial charge in [-0.05, 0) is 41.7 Å². The molecule has 0 fully saturated rings. The Morgan fingerprint density at radius 3 is 2.58 bits per heavy atom. The Kier molecular flexibility index (Phi) is 4.48. The van der Waals surface area contributed by atoms with E-state index in [2.05, 4.69) is 0 Å². The predicted molar refractivity (Wildman–Crippen MR) is 76.8 cm³/mol. The fraction of sp³-hybridized carbons (Fsp3) is 0.143. The largest absolute Gasteiger partial charge is 0.489 e. The summed E-state index contributed by atoms with van der Waals surface area (Å²) >= 11 is 5.94.